The molecule has 1 atom stereocenters. The van der Waals surface area contributed by atoms with E-state index in [1.54, 1.807) is 6.07 Å². The first-order chi connectivity index (χ1) is 10.2. The average molecular weight is 298 g/mol. The highest BCUT2D eigenvalue weighted by Gasteiger charge is 2.47. The molecule has 0 aliphatic heterocycles. The van der Waals surface area contributed by atoms with E-state index in [2.05, 4.69) is 20.8 Å². The highest BCUT2D eigenvalue weighted by molar-refractivity contribution is 6.10. The summed E-state index contributed by atoms with van der Waals surface area (Å²) >= 11 is 0. The summed E-state index contributed by atoms with van der Waals surface area (Å²) < 4.78 is 0. The zero-order chi connectivity index (χ0) is 16.3. The van der Waals surface area contributed by atoms with Crippen molar-refractivity contribution in [1.29, 1.82) is 0 Å². The Kier molecular flexibility index (Phi) is 3.28. The van der Waals surface area contributed by atoms with Crippen LogP contribution in [-0.4, -0.2) is 10.9 Å². The first-order valence-corrected chi connectivity index (χ1v) is 8.32. The summed E-state index contributed by atoms with van der Waals surface area (Å²) in [6.07, 6.45) is 5.25. The van der Waals surface area contributed by atoms with E-state index in [4.69, 9.17) is 0 Å². The van der Waals surface area contributed by atoms with Gasteiger partial charge in [0.05, 0.1) is 0 Å². The Morgan fingerprint density at radius 2 is 1.82 bits per heavy atom. The van der Waals surface area contributed by atoms with Crippen LogP contribution in [0.25, 0.3) is 0 Å². The molecule has 22 heavy (non-hydrogen) atoms. The lowest BCUT2D eigenvalue weighted by atomic mass is 9.55. The van der Waals surface area contributed by atoms with Crippen LogP contribution in [0, 0.1) is 5.41 Å². The molecule has 1 fully saturated rings. The number of carbonyl (C=O) groups excluding carboxylic acids is 1. The van der Waals surface area contributed by atoms with Gasteiger partial charge in [-0.25, -0.2) is 0 Å². The van der Waals surface area contributed by atoms with Crippen molar-refractivity contribution in [3.05, 3.63) is 40.5 Å². The molecule has 3 rings (SSSR count). The topological polar surface area (TPSA) is 37.3 Å². The summed E-state index contributed by atoms with van der Waals surface area (Å²) in [6, 6.07) is 3.75. The quantitative estimate of drug-likeness (QED) is 0.782. The summed E-state index contributed by atoms with van der Waals surface area (Å²) in [4.78, 5) is 12.9. The van der Waals surface area contributed by atoms with Crippen molar-refractivity contribution >= 4 is 5.78 Å². The van der Waals surface area contributed by atoms with Gasteiger partial charge in [-0.15, -0.1) is 0 Å². The third-order valence-electron chi connectivity index (χ3n) is 5.72. The molecular weight excluding hydrogens is 272 g/mol. The van der Waals surface area contributed by atoms with Crippen molar-refractivity contribution < 1.29 is 9.90 Å². The molecule has 0 spiro atoms. The number of allylic oxidation sites excluding steroid dienone is 2. The van der Waals surface area contributed by atoms with Crippen molar-refractivity contribution in [1.82, 2.24) is 0 Å². The molecule has 0 bridgehead atoms. The molecule has 0 radical (unpaired) electrons. The highest BCUT2D eigenvalue weighted by Crippen LogP contribution is 2.55. The number of ketones is 1. The smallest absolute Gasteiger partial charge is 0.186 e. The van der Waals surface area contributed by atoms with Crippen LogP contribution in [0.2, 0.25) is 0 Å². The number of carbonyl (C=O) groups is 1. The molecule has 1 saturated carbocycles. The fourth-order valence-electron chi connectivity index (χ4n) is 4.66. The van der Waals surface area contributed by atoms with E-state index in [-0.39, 0.29) is 28.3 Å². The fourth-order valence-corrected chi connectivity index (χ4v) is 4.66. The van der Waals surface area contributed by atoms with Gasteiger partial charge >= 0.3 is 0 Å². The second kappa shape index (κ2) is 4.71. The van der Waals surface area contributed by atoms with Gasteiger partial charge in [-0.3, -0.25) is 4.79 Å². The molecule has 0 unspecified atom stereocenters. The normalized spacial score (nSPS) is 26.5. The molecule has 0 heterocycles. The lowest BCUT2D eigenvalue weighted by Gasteiger charge is -2.49. The van der Waals surface area contributed by atoms with Crippen molar-refractivity contribution in [3.63, 3.8) is 0 Å². The van der Waals surface area contributed by atoms with E-state index in [1.807, 2.05) is 26.0 Å². The van der Waals surface area contributed by atoms with Gasteiger partial charge in [0.25, 0.3) is 0 Å². The van der Waals surface area contributed by atoms with Crippen LogP contribution in [0.15, 0.2) is 23.8 Å². The van der Waals surface area contributed by atoms with Gasteiger partial charge in [0.1, 0.15) is 5.75 Å². The molecule has 2 aliphatic carbocycles. The Hall–Kier alpha value is -1.57. The first kappa shape index (κ1) is 15.3. The second-order valence-electron chi connectivity index (χ2n) is 8.07. The standard InChI is InChI=1S/C20H26O2/c1-12(2)17-14(21)8-7-13-18(17)15(22)11-16-19(3,4)9-6-10-20(13,16)5/h7-8,11-12,21H,6,9-10H2,1-5H3/t20-/m0/s1. The Bertz CT molecular complexity index is 679. The van der Waals surface area contributed by atoms with E-state index < -0.39 is 0 Å². The molecule has 1 aromatic carbocycles. The molecule has 0 saturated heterocycles. The number of hydrogen-bond acceptors (Lipinski definition) is 2. The number of aromatic hydroxyl groups is 1. The molecule has 2 aliphatic rings. The predicted octanol–water partition coefficient (Wildman–Crippen LogP) is 5.11. The maximum atomic E-state index is 12.9. The number of benzene rings is 1. The van der Waals surface area contributed by atoms with Gasteiger partial charge in [0.15, 0.2) is 5.78 Å². The molecule has 0 amide bonds. The summed E-state index contributed by atoms with van der Waals surface area (Å²) in [5.74, 6) is 0.448. The first-order valence-electron chi connectivity index (χ1n) is 8.32. The summed E-state index contributed by atoms with van der Waals surface area (Å²) in [7, 11) is 0. The van der Waals surface area contributed by atoms with Gasteiger partial charge in [0, 0.05) is 16.5 Å². The summed E-state index contributed by atoms with van der Waals surface area (Å²) in [5, 5.41) is 10.3. The minimum Gasteiger partial charge on any atom is -0.508 e. The third-order valence-corrected chi connectivity index (χ3v) is 5.72. The van der Waals surface area contributed by atoms with Crippen LogP contribution in [0.4, 0.5) is 0 Å². The maximum Gasteiger partial charge on any atom is 0.186 e. The Labute approximate surface area is 133 Å². The number of rotatable bonds is 1. The average Bonchev–Trinajstić information content (AvgIpc) is 2.40. The van der Waals surface area contributed by atoms with E-state index in [0.717, 1.165) is 29.5 Å². The number of phenolic OH excluding ortho intramolecular Hbond substituents is 1. The van der Waals surface area contributed by atoms with E-state index in [0.29, 0.717) is 0 Å². The molecule has 2 nitrogen and oxygen atoms in total. The van der Waals surface area contributed by atoms with Gasteiger partial charge < -0.3 is 5.11 Å². The SMILES string of the molecule is CC(C)c1c(O)ccc2c1C(=O)C=C1C(C)(C)CCC[C@]12C. The largest absolute Gasteiger partial charge is 0.508 e. The minimum absolute atomic E-state index is 0.0657. The van der Waals surface area contributed by atoms with Crippen LogP contribution in [0.5, 0.6) is 5.75 Å². The van der Waals surface area contributed by atoms with Gasteiger partial charge in [-0.1, -0.05) is 52.7 Å². The predicted molar refractivity (Wildman–Crippen MR) is 89.6 cm³/mol. The molecular formula is C20H26O2. The van der Waals surface area contributed by atoms with E-state index in [9.17, 15) is 9.90 Å². The van der Waals surface area contributed by atoms with E-state index in [1.165, 1.54) is 12.0 Å². The van der Waals surface area contributed by atoms with Gasteiger partial charge in [0.2, 0.25) is 0 Å². The lowest BCUT2D eigenvalue weighted by Crippen LogP contribution is -2.41. The Morgan fingerprint density at radius 1 is 1.14 bits per heavy atom. The molecule has 118 valence electrons. The minimum atomic E-state index is -0.0810. The van der Waals surface area contributed by atoms with Crippen LogP contribution >= 0.6 is 0 Å². The van der Waals surface area contributed by atoms with Gasteiger partial charge in [-0.2, -0.15) is 0 Å². The van der Waals surface area contributed by atoms with Crippen molar-refractivity contribution in [3.8, 4) is 5.75 Å². The Morgan fingerprint density at radius 3 is 2.45 bits per heavy atom. The lowest BCUT2D eigenvalue weighted by molar-refractivity contribution is 0.102. The van der Waals surface area contributed by atoms with Crippen molar-refractivity contribution in [2.24, 2.45) is 5.41 Å². The van der Waals surface area contributed by atoms with Crippen LogP contribution in [0.3, 0.4) is 0 Å². The maximum absolute atomic E-state index is 12.9. The highest BCUT2D eigenvalue weighted by atomic mass is 16.3. The monoisotopic (exact) mass is 298 g/mol. The third kappa shape index (κ3) is 1.96. The number of hydrogen-bond donors (Lipinski definition) is 1. The zero-order valence-corrected chi connectivity index (χ0v) is 14.3. The zero-order valence-electron chi connectivity index (χ0n) is 14.3. The summed E-state index contributed by atoms with van der Waals surface area (Å²) in [5.41, 5.74) is 3.92. The van der Waals surface area contributed by atoms with Crippen LogP contribution in [0.1, 0.15) is 81.3 Å². The molecule has 2 heteroatoms. The van der Waals surface area contributed by atoms with Crippen molar-refractivity contribution in [2.75, 3.05) is 0 Å². The van der Waals surface area contributed by atoms with Gasteiger partial charge in [-0.05, 0) is 41.9 Å². The number of fused-ring (bicyclic) bond motifs is 3. The molecule has 1 aromatic rings. The van der Waals surface area contributed by atoms with Crippen LogP contribution < -0.4 is 0 Å². The van der Waals surface area contributed by atoms with Crippen molar-refractivity contribution in [2.45, 2.75) is 65.2 Å². The molecule has 0 aromatic heterocycles. The fraction of sp³-hybridized carbons (Fsp3) is 0.550. The summed E-state index contributed by atoms with van der Waals surface area (Å²) in [6.45, 7) is 10.8. The second-order valence-corrected chi connectivity index (χ2v) is 8.07. The van der Waals surface area contributed by atoms with Crippen LogP contribution in [-0.2, 0) is 5.41 Å². The molecule has 1 N–H and O–H groups in total. The Balaban J connectivity index is 2.31. The number of phenols is 1. The van der Waals surface area contributed by atoms with E-state index >= 15 is 0 Å².